The van der Waals surface area contributed by atoms with Crippen LogP contribution in [0.3, 0.4) is 0 Å². The molecule has 6 nitrogen and oxygen atoms in total. The predicted molar refractivity (Wildman–Crippen MR) is 72.3 cm³/mol. The van der Waals surface area contributed by atoms with Crippen LogP contribution >= 0.6 is 12.4 Å². The molecule has 0 saturated heterocycles. The lowest BCUT2D eigenvalue weighted by molar-refractivity contribution is -0.122. The van der Waals surface area contributed by atoms with Gasteiger partial charge < -0.3 is 11.1 Å². The average molecular weight is 276 g/mol. The molecule has 1 heterocycles. The van der Waals surface area contributed by atoms with Crippen molar-refractivity contribution in [1.29, 1.82) is 0 Å². The fourth-order valence-electron chi connectivity index (χ4n) is 1.65. The highest BCUT2D eigenvalue weighted by atomic mass is 35.5. The minimum atomic E-state index is 0. The number of amides is 1. The fourth-order valence-corrected chi connectivity index (χ4v) is 1.65. The smallest absolute Gasteiger partial charge is 0.222 e. The second kappa shape index (κ2) is 8.88. The van der Waals surface area contributed by atoms with E-state index in [9.17, 15) is 4.79 Å². The summed E-state index contributed by atoms with van der Waals surface area (Å²) in [7, 11) is 0. The first kappa shape index (κ1) is 16.9. The van der Waals surface area contributed by atoms with Crippen molar-refractivity contribution < 1.29 is 4.79 Å². The fraction of sp³-hybridized carbons (Fsp3) is 0.727. The van der Waals surface area contributed by atoms with Gasteiger partial charge in [-0.05, 0) is 12.3 Å². The van der Waals surface area contributed by atoms with Crippen molar-refractivity contribution in [2.45, 2.75) is 39.3 Å². The van der Waals surface area contributed by atoms with E-state index < -0.39 is 0 Å². The summed E-state index contributed by atoms with van der Waals surface area (Å²) in [5, 5.41) is 6.87. The first-order valence-electron chi connectivity index (χ1n) is 5.93. The van der Waals surface area contributed by atoms with Gasteiger partial charge in [0.05, 0.1) is 6.54 Å². The van der Waals surface area contributed by atoms with E-state index in [1.165, 1.54) is 6.33 Å². The van der Waals surface area contributed by atoms with Crippen molar-refractivity contribution in [3.63, 3.8) is 0 Å². The maximum atomic E-state index is 11.7. The molecular weight excluding hydrogens is 254 g/mol. The molecule has 0 fully saturated rings. The van der Waals surface area contributed by atoms with Crippen molar-refractivity contribution in [2.24, 2.45) is 11.7 Å². The number of aryl methyl sites for hydroxylation is 1. The van der Waals surface area contributed by atoms with Crippen LogP contribution in [0.2, 0.25) is 0 Å². The minimum absolute atomic E-state index is 0. The molecule has 0 bridgehead atoms. The summed E-state index contributed by atoms with van der Waals surface area (Å²) in [6, 6.07) is 0.0678. The van der Waals surface area contributed by atoms with Crippen molar-refractivity contribution >= 4 is 18.3 Å². The summed E-state index contributed by atoms with van der Waals surface area (Å²) in [4.78, 5) is 15.5. The number of carbonyl (C=O) groups excluding carboxylic acids is 1. The number of rotatable bonds is 7. The zero-order chi connectivity index (χ0) is 12.7. The van der Waals surface area contributed by atoms with Crippen LogP contribution in [0.5, 0.6) is 0 Å². The minimum Gasteiger partial charge on any atom is -0.352 e. The van der Waals surface area contributed by atoms with E-state index >= 15 is 0 Å². The quantitative estimate of drug-likeness (QED) is 0.762. The molecule has 18 heavy (non-hydrogen) atoms. The van der Waals surface area contributed by atoms with Crippen molar-refractivity contribution in [3.05, 3.63) is 12.7 Å². The Balaban J connectivity index is 0.00000289. The van der Waals surface area contributed by atoms with Gasteiger partial charge in [0, 0.05) is 19.0 Å². The average Bonchev–Trinajstić information content (AvgIpc) is 2.77. The molecule has 0 aliphatic heterocycles. The summed E-state index contributed by atoms with van der Waals surface area (Å²) in [6.07, 6.45) is 4.37. The second-order valence-electron chi connectivity index (χ2n) is 4.54. The van der Waals surface area contributed by atoms with E-state index in [2.05, 4.69) is 29.2 Å². The molecule has 0 aliphatic rings. The summed E-state index contributed by atoms with van der Waals surface area (Å²) >= 11 is 0. The molecule has 0 radical (unpaired) electrons. The van der Waals surface area contributed by atoms with Gasteiger partial charge in [0.1, 0.15) is 12.7 Å². The van der Waals surface area contributed by atoms with Crippen molar-refractivity contribution in [2.75, 3.05) is 6.54 Å². The highest BCUT2D eigenvalue weighted by molar-refractivity contribution is 5.85. The van der Waals surface area contributed by atoms with Gasteiger partial charge in [0.25, 0.3) is 0 Å². The third-order valence-corrected chi connectivity index (χ3v) is 2.44. The Kier molecular flexibility index (Phi) is 8.32. The third kappa shape index (κ3) is 6.56. The molecule has 3 N–H and O–H groups in total. The third-order valence-electron chi connectivity index (χ3n) is 2.44. The Morgan fingerprint density at radius 1 is 1.50 bits per heavy atom. The van der Waals surface area contributed by atoms with E-state index in [4.69, 9.17) is 5.73 Å². The number of nitrogens with one attached hydrogen (secondary N) is 1. The molecular formula is C11H22ClN5O. The summed E-state index contributed by atoms with van der Waals surface area (Å²) in [5.41, 5.74) is 5.62. The van der Waals surface area contributed by atoms with Crippen LogP contribution in [0.25, 0.3) is 0 Å². The monoisotopic (exact) mass is 275 g/mol. The van der Waals surface area contributed by atoms with E-state index in [1.54, 1.807) is 11.0 Å². The van der Waals surface area contributed by atoms with Gasteiger partial charge in [-0.25, -0.2) is 4.98 Å². The molecule has 0 aliphatic carbocycles. The molecule has 1 unspecified atom stereocenters. The summed E-state index contributed by atoms with van der Waals surface area (Å²) in [6.45, 7) is 5.26. The Morgan fingerprint density at radius 2 is 2.22 bits per heavy atom. The molecule has 104 valence electrons. The molecule has 0 spiro atoms. The van der Waals surface area contributed by atoms with Gasteiger partial charge in [0.15, 0.2) is 0 Å². The number of hydrogen-bond donors (Lipinski definition) is 2. The van der Waals surface area contributed by atoms with Crippen LogP contribution in [0.4, 0.5) is 0 Å². The zero-order valence-electron chi connectivity index (χ0n) is 10.9. The van der Waals surface area contributed by atoms with Crippen LogP contribution in [-0.2, 0) is 11.3 Å². The lowest BCUT2D eigenvalue weighted by Gasteiger charge is -2.18. The number of hydrogen-bond acceptors (Lipinski definition) is 4. The molecule has 1 atom stereocenters. The van der Waals surface area contributed by atoms with Crippen LogP contribution in [-0.4, -0.2) is 33.3 Å². The van der Waals surface area contributed by atoms with E-state index in [0.29, 0.717) is 25.4 Å². The number of halogens is 1. The van der Waals surface area contributed by atoms with Gasteiger partial charge in [-0.15, -0.1) is 12.4 Å². The molecule has 1 aromatic heterocycles. The molecule has 1 aromatic rings. The van der Waals surface area contributed by atoms with Gasteiger partial charge in [0.2, 0.25) is 5.91 Å². The topological polar surface area (TPSA) is 85.8 Å². The number of carbonyl (C=O) groups is 1. The molecule has 0 saturated carbocycles. The van der Waals surface area contributed by atoms with E-state index in [-0.39, 0.29) is 24.4 Å². The second-order valence-corrected chi connectivity index (χ2v) is 4.54. The Morgan fingerprint density at radius 3 is 2.72 bits per heavy atom. The lowest BCUT2D eigenvalue weighted by Crippen LogP contribution is -2.41. The molecule has 7 heteroatoms. The number of nitrogens with zero attached hydrogens (tertiary/aromatic N) is 3. The summed E-state index contributed by atoms with van der Waals surface area (Å²) < 4.78 is 1.64. The first-order chi connectivity index (χ1) is 8.11. The number of aromatic nitrogens is 3. The number of nitrogens with two attached hydrogens (primary N) is 1. The largest absolute Gasteiger partial charge is 0.352 e. The maximum Gasteiger partial charge on any atom is 0.222 e. The van der Waals surface area contributed by atoms with Gasteiger partial charge >= 0.3 is 0 Å². The van der Waals surface area contributed by atoms with E-state index in [0.717, 1.165) is 6.42 Å². The summed E-state index contributed by atoms with van der Waals surface area (Å²) in [5.74, 6) is 0.538. The van der Waals surface area contributed by atoms with Crippen molar-refractivity contribution in [1.82, 2.24) is 20.1 Å². The predicted octanol–water partition coefficient (Wildman–Crippen LogP) is 0.580. The molecule has 1 amide bonds. The maximum absolute atomic E-state index is 11.7. The van der Waals surface area contributed by atoms with Crippen LogP contribution in [0, 0.1) is 5.92 Å². The van der Waals surface area contributed by atoms with Crippen LogP contribution < -0.4 is 11.1 Å². The Labute approximate surface area is 114 Å². The SMILES string of the molecule is CC(C)CC(CN)NC(=O)CCn1cncn1.Cl. The normalized spacial score (nSPS) is 12.0. The zero-order valence-corrected chi connectivity index (χ0v) is 11.7. The molecule has 0 aromatic carbocycles. The van der Waals surface area contributed by atoms with Crippen molar-refractivity contribution in [3.8, 4) is 0 Å². The van der Waals surface area contributed by atoms with Gasteiger partial charge in [-0.2, -0.15) is 5.10 Å². The highest BCUT2D eigenvalue weighted by Gasteiger charge is 2.12. The van der Waals surface area contributed by atoms with Crippen LogP contribution in [0.15, 0.2) is 12.7 Å². The molecule has 1 rings (SSSR count). The highest BCUT2D eigenvalue weighted by Crippen LogP contribution is 2.03. The standard InChI is InChI=1S/C11H21N5O.ClH/c1-9(2)5-10(6-12)15-11(17)3-4-16-8-13-7-14-16;/h7-10H,3-6,12H2,1-2H3,(H,15,17);1H. The van der Waals surface area contributed by atoms with E-state index in [1.807, 2.05) is 0 Å². The van der Waals surface area contributed by atoms with Gasteiger partial charge in [-0.1, -0.05) is 13.8 Å². The Hall–Kier alpha value is -1.14. The lowest BCUT2D eigenvalue weighted by atomic mass is 10.0. The van der Waals surface area contributed by atoms with Crippen LogP contribution in [0.1, 0.15) is 26.7 Å². The Bertz CT molecular complexity index is 328. The van der Waals surface area contributed by atoms with Gasteiger partial charge in [-0.3, -0.25) is 9.48 Å². The first-order valence-corrected chi connectivity index (χ1v) is 5.93.